The summed E-state index contributed by atoms with van der Waals surface area (Å²) in [7, 11) is 0. The fourth-order valence-electron chi connectivity index (χ4n) is 2.46. The molecule has 0 amide bonds. The smallest absolute Gasteiger partial charge is 0.320 e. The number of hydrogen-bond acceptors (Lipinski definition) is 4. The summed E-state index contributed by atoms with van der Waals surface area (Å²) < 4.78 is 1.34. The number of hydrogen-bond donors (Lipinski definition) is 2. The number of thiophene rings is 1. The van der Waals surface area contributed by atoms with Crippen LogP contribution < -0.4 is 5.32 Å². The Labute approximate surface area is 122 Å². The Morgan fingerprint density at radius 1 is 1.58 bits per heavy atom. The van der Waals surface area contributed by atoms with Crippen LogP contribution in [-0.2, 0) is 4.79 Å². The van der Waals surface area contributed by atoms with E-state index in [1.807, 2.05) is 11.8 Å². The largest absolute Gasteiger partial charge is 0.480 e. The number of fused-ring (bicyclic) bond motifs is 1. The van der Waals surface area contributed by atoms with Crippen LogP contribution in [0.5, 0.6) is 0 Å². The third-order valence-electron chi connectivity index (χ3n) is 3.32. The Balaban J connectivity index is 2.11. The molecule has 1 aromatic heterocycles. The number of rotatable bonds is 5. The van der Waals surface area contributed by atoms with Crippen molar-refractivity contribution in [3.05, 3.63) is 17.0 Å². The lowest BCUT2D eigenvalue weighted by molar-refractivity contribution is -0.140. The van der Waals surface area contributed by atoms with E-state index in [0.717, 1.165) is 6.42 Å². The van der Waals surface area contributed by atoms with E-state index in [0.29, 0.717) is 17.6 Å². The first-order valence-electron chi connectivity index (χ1n) is 6.70. The fourth-order valence-corrected chi connectivity index (χ4v) is 5.03. The summed E-state index contributed by atoms with van der Waals surface area (Å²) in [6.07, 6.45) is 1.67. The van der Waals surface area contributed by atoms with Crippen molar-refractivity contribution in [2.24, 2.45) is 5.92 Å². The van der Waals surface area contributed by atoms with Gasteiger partial charge in [-0.2, -0.15) is 0 Å². The van der Waals surface area contributed by atoms with E-state index in [2.05, 4.69) is 37.5 Å². The quantitative estimate of drug-likeness (QED) is 0.869. The molecular weight excluding hydrogens is 278 g/mol. The number of aliphatic carboxylic acids is 1. The van der Waals surface area contributed by atoms with Crippen LogP contribution >= 0.6 is 23.1 Å². The second-order valence-electron chi connectivity index (χ2n) is 5.57. The summed E-state index contributed by atoms with van der Waals surface area (Å²) >= 11 is 3.66. The van der Waals surface area contributed by atoms with Crippen molar-refractivity contribution >= 4 is 29.1 Å². The highest BCUT2D eigenvalue weighted by atomic mass is 32.2. The maximum atomic E-state index is 11.4. The number of nitrogens with one attached hydrogen (secondary N) is 1. The Kier molecular flexibility index (Phi) is 4.92. The predicted molar refractivity (Wildman–Crippen MR) is 81.0 cm³/mol. The molecule has 0 aliphatic carbocycles. The van der Waals surface area contributed by atoms with Gasteiger partial charge in [0.2, 0.25) is 0 Å². The van der Waals surface area contributed by atoms with Crippen LogP contribution in [0.25, 0.3) is 0 Å². The van der Waals surface area contributed by atoms with E-state index < -0.39 is 12.0 Å². The molecule has 0 saturated carbocycles. The van der Waals surface area contributed by atoms with Gasteiger partial charge in [0, 0.05) is 11.3 Å². The van der Waals surface area contributed by atoms with Crippen molar-refractivity contribution in [2.75, 3.05) is 0 Å². The van der Waals surface area contributed by atoms with E-state index in [1.165, 1.54) is 9.77 Å². The third-order valence-corrected chi connectivity index (χ3v) is 5.66. The maximum Gasteiger partial charge on any atom is 0.320 e. The van der Waals surface area contributed by atoms with E-state index in [9.17, 15) is 9.90 Å². The number of thioether (sulfide) groups is 1. The van der Waals surface area contributed by atoms with Crippen molar-refractivity contribution in [1.82, 2.24) is 5.32 Å². The second-order valence-corrected chi connectivity index (χ2v) is 8.19. The van der Waals surface area contributed by atoms with Gasteiger partial charge in [-0.05, 0) is 35.8 Å². The molecule has 1 aromatic rings. The molecule has 2 heterocycles. The lowest BCUT2D eigenvalue weighted by Crippen LogP contribution is -2.41. The zero-order chi connectivity index (χ0) is 14.0. The van der Waals surface area contributed by atoms with E-state index >= 15 is 0 Å². The lowest BCUT2D eigenvalue weighted by atomic mass is 9.99. The molecule has 106 valence electrons. The van der Waals surface area contributed by atoms with Crippen molar-refractivity contribution in [1.29, 1.82) is 0 Å². The highest BCUT2D eigenvalue weighted by molar-refractivity contribution is 8.01. The summed E-state index contributed by atoms with van der Waals surface area (Å²) in [5.74, 6) is -0.359. The molecular formula is C14H21NO2S2. The Morgan fingerprint density at radius 2 is 2.32 bits per heavy atom. The molecule has 2 rings (SSSR count). The van der Waals surface area contributed by atoms with Gasteiger partial charge in [0.15, 0.2) is 0 Å². The van der Waals surface area contributed by atoms with Crippen molar-refractivity contribution in [3.8, 4) is 0 Å². The molecule has 1 aliphatic rings. The molecule has 1 aliphatic heterocycles. The van der Waals surface area contributed by atoms with Crippen LogP contribution in [0.4, 0.5) is 0 Å². The number of carboxylic acids is 1. The van der Waals surface area contributed by atoms with Crippen molar-refractivity contribution in [2.45, 2.75) is 55.2 Å². The van der Waals surface area contributed by atoms with Gasteiger partial charge in [-0.1, -0.05) is 20.8 Å². The summed E-state index contributed by atoms with van der Waals surface area (Å²) in [6, 6.07) is 1.86. The minimum Gasteiger partial charge on any atom is -0.480 e. The van der Waals surface area contributed by atoms with Crippen molar-refractivity contribution < 1.29 is 9.90 Å². The van der Waals surface area contributed by atoms with Crippen LogP contribution in [0.3, 0.4) is 0 Å². The van der Waals surface area contributed by atoms with Gasteiger partial charge in [0.25, 0.3) is 0 Å². The minimum absolute atomic E-state index is 0.178. The van der Waals surface area contributed by atoms with E-state index in [-0.39, 0.29) is 6.04 Å². The molecule has 0 fully saturated rings. The average Bonchev–Trinajstić information content (AvgIpc) is 2.75. The molecule has 0 bridgehead atoms. The molecule has 2 unspecified atom stereocenters. The first kappa shape index (κ1) is 14.9. The lowest BCUT2D eigenvalue weighted by Gasteiger charge is -2.30. The highest BCUT2D eigenvalue weighted by Gasteiger charge is 2.30. The van der Waals surface area contributed by atoms with Crippen LogP contribution in [0, 0.1) is 5.92 Å². The molecule has 19 heavy (non-hydrogen) atoms. The maximum absolute atomic E-state index is 11.4. The molecule has 5 heteroatoms. The molecule has 0 saturated heterocycles. The molecule has 2 N–H and O–H groups in total. The fraction of sp³-hybridized carbons (Fsp3) is 0.643. The summed E-state index contributed by atoms with van der Waals surface area (Å²) in [4.78, 5) is 11.4. The van der Waals surface area contributed by atoms with Gasteiger partial charge < -0.3 is 5.11 Å². The van der Waals surface area contributed by atoms with Gasteiger partial charge in [0.1, 0.15) is 6.04 Å². The van der Waals surface area contributed by atoms with Gasteiger partial charge in [-0.25, -0.2) is 0 Å². The summed E-state index contributed by atoms with van der Waals surface area (Å²) in [5, 5.41) is 15.3. The topological polar surface area (TPSA) is 49.3 Å². The first-order chi connectivity index (χ1) is 8.97. The molecule has 3 atom stereocenters. The van der Waals surface area contributed by atoms with Gasteiger partial charge >= 0.3 is 5.97 Å². The Morgan fingerprint density at radius 3 is 2.95 bits per heavy atom. The average molecular weight is 299 g/mol. The normalized spacial score (nSPS) is 24.2. The Bertz CT molecular complexity index is 444. The van der Waals surface area contributed by atoms with Gasteiger partial charge in [0.05, 0.1) is 4.21 Å². The summed E-state index contributed by atoms with van der Waals surface area (Å²) in [6.45, 7) is 6.33. The number of carboxylic acid groups (broad SMARTS) is 1. The van der Waals surface area contributed by atoms with Crippen LogP contribution in [0.15, 0.2) is 15.7 Å². The van der Waals surface area contributed by atoms with E-state index in [1.54, 1.807) is 11.3 Å². The van der Waals surface area contributed by atoms with Crippen LogP contribution in [0.2, 0.25) is 0 Å². The standard InChI is InChI=1S/C14H21NO2S2/c1-8(2)6-12(13(16)17)15-11-7-9(3)19-14-10(11)4-5-18-14/h4-5,8-9,11-12,15H,6-7H2,1-3H3,(H,16,17)/t9-,11?,12?/m0/s1. The highest BCUT2D eigenvalue weighted by Crippen LogP contribution is 2.43. The van der Waals surface area contributed by atoms with Gasteiger partial charge in [-0.3, -0.25) is 10.1 Å². The number of carbonyl (C=O) groups is 1. The molecule has 0 aromatic carbocycles. The van der Waals surface area contributed by atoms with Crippen LogP contribution in [-0.4, -0.2) is 22.4 Å². The second kappa shape index (κ2) is 6.29. The zero-order valence-corrected chi connectivity index (χ0v) is 13.2. The molecule has 0 radical (unpaired) electrons. The Hall–Kier alpha value is -0.520. The molecule has 0 spiro atoms. The minimum atomic E-state index is -0.739. The third kappa shape index (κ3) is 3.74. The zero-order valence-electron chi connectivity index (χ0n) is 11.6. The molecule has 3 nitrogen and oxygen atoms in total. The monoisotopic (exact) mass is 299 g/mol. The predicted octanol–water partition coefficient (Wildman–Crippen LogP) is 3.76. The summed E-state index contributed by atoms with van der Waals surface area (Å²) in [5.41, 5.74) is 1.28. The SMILES string of the molecule is CC(C)CC(NC1C[C@H](C)Sc2sccc21)C(=O)O. The van der Waals surface area contributed by atoms with Gasteiger partial charge in [-0.15, -0.1) is 23.1 Å². The first-order valence-corrected chi connectivity index (χ1v) is 8.46. The van der Waals surface area contributed by atoms with Crippen molar-refractivity contribution in [3.63, 3.8) is 0 Å². The van der Waals surface area contributed by atoms with Crippen LogP contribution in [0.1, 0.15) is 45.2 Å². The van der Waals surface area contributed by atoms with E-state index in [4.69, 9.17) is 0 Å².